The van der Waals surface area contributed by atoms with Crippen LogP contribution in [-0.2, 0) is 4.79 Å². The molecule has 2 amide bonds. The number of amides is 2. The lowest BCUT2D eigenvalue weighted by Gasteiger charge is -2.44. The number of piperazine rings is 1. The Kier molecular flexibility index (Phi) is 4.57. The Balaban J connectivity index is 1.38. The highest BCUT2D eigenvalue weighted by Crippen LogP contribution is 2.34. The highest BCUT2D eigenvalue weighted by Gasteiger charge is 2.35. The molecule has 4 fully saturated rings. The molecule has 2 aromatic rings. The number of hydrogen-bond acceptors (Lipinski definition) is 6. The molecule has 0 aliphatic carbocycles. The molecule has 28 heavy (non-hydrogen) atoms. The van der Waals surface area contributed by atoms with E-state index in [0.717, 1.165) is 54.8 Å². The molecule has 0 spiro atoms. The molecule has 148 valence electrons. The summed E-state index contributed by atoms with van der Waals surface area (Å²) in [4.78, 5) is 36.1. The van der Waals surface area contributed by atoms with Gasteiger partial charge in [0, 0.05) is 42.6 Å². The fourth-order valence-corrected chi connectivity index (χ4v) is 5.57. The first-order valence-corrected chi connectivity index (χ1v) is 10.9. The SMILES string of the molecule is CN1CCN(c2csc3cnc(C(=O)N[C@H]4CN5CCC4CC5)cc23)C(=O)C1. The maximum absolute atomic E-state index is 12.9. The van der Waals surface area contributed by atoms with Crippen LogP contribution < -0.4 is 10.2 Å². The number of thiophene rings is 1. The van der Waals surface area contributed by atoms with E-state index in [2.05, 4.69) is 15.2 Å². The molecule has 4 aliphatic rings. The third-order valence-corrected chi connectivity index (χ3v) is 7.27. The van der Waals surface area contributed by atoms with Crippen molar-refractivity contribution in [1.82, 2.24) is 20.1 Å². The zero-order chi connectivity index (χ0) is 19.3. The van der Waals surface area contributed by atoms with Crippen LogP contribution in [0, 0.1) is 5.92 Å². The smallest absolute Gasteiger partial charge is 0.270 e. The van der Waals surface area contributed by atoms with Gasteiger partial charge in [-0.3, -0.25) is 14.5 Å². The van der Waals surface area contributed by atoms with Crippen molar-refractivity contribution >= 4 is 38.9 Å². The van der Waals surface area contributed by atoms with E-state index < -0.39 is 0 Å². The number of carbonyl (C=O) groups excluding carboxylic acids is 2. The van der Waals surface area contributed by atoms with Crippen molar-refractivity contribution in [3.05, 3.63) is 23.3 Å². The first kappa shape index (κ1) is 18.0. The first-order valence-electron chi connectivity index (χ1n) is 9.98. The van der Waals surface area contributed by atoms with Crippen LogP contribution in [0.3, 0.4) is 0 Å². The van der Waals surface area contributed by atoms with Crippen molar-refractivity contribution in [3.63, 3.8) is 0 Å². The van der Waals surface area contributed by atoms with Crippen molar-refractivity contribution in [1.29, 1.82) is 0 Å². The number of piperidine rings is 3. The Hall–Kier alpha value is -2.03. The molecule has 1 N–H and O–H groups in total. The number of hydrogen-bond donors (Lipinski definition) is 1. The standard InChI is InChI=1S/C20H25N5O2S/c1-23-6-7-25(19(26)11-23)17-12-28-18-9-21-15(8-14(17)18)20(27)22-16-10-24-4-2-13(16)3-5-24/h8-9,12-13,16H,2-7,10-11H2,1H3,(H,22,27)/t16-/m0/s1. The monoisotopic (exact) mass is 399 g/mol. The average molecular weight is 400 g/mol. The first-order chi connectivity index (χ1) is 13.6. The third kappa shape index (κ3) is 3.19. The summed E-state index contributed by atoms with van der Waals surface area (Å²) in [6, 6.07) is 2.07. The van der Waals surface area contributed by atoms with Gasteiger partial charge < -0.3 is 15.1 Å². The summed E-state index contributed by atoms with van der Waals surface area (Å²) in [6.07, 6.45) is 4.09. The maximum Gasteiger partial charge on any atom is 0.270 e. The van der Waals surface area contributed by atoms with Gasteiger partial charge in [0.05, 0.1) is 16.9 Å². The van der Waals surface area contributed by atoms with E-state index in [-0.39, 0.29) is 17.9 Å². The summed E-state index contributed by atoms with van der Waals surface area (Å²) in [5.41, 5.74) is 1.34. The maximum atomic E-state index is 12.9. The number of anilines is 1. The van der Waals surface area contributed by atoms with Crippen LogP contribution in [-0.4, -0.2) is 79.0 Å². The van der Waals surface area contributed by atoms with Crippen molar-refractivity contribution < 1.29 is 9.59 Å². The summed E-state index contributed by atoms with van der Waals surface area (Å²) in [6.45, 7) is 5.19. The Morgan fingerprint density at radius 1 is 1.25 bits per heavy atom. The molecular weight excluding hydrogens is 374 g/mol. The van der Waals surface area contributed by atoms with Crippen LogP contribution in [0.5, 0.6) is 0 Å². The number of rotatable bonds is 3. The molecule has 2 aromatic heterocycles. The number of aromatic nitrogens is 1. The van der Waals surface area contributed by atoms with Crippen LogP contribution in [0.4, 0.5) is 5.69 Å². The lowest BCUT2D eigenvalue weighted by molar-refractivity contribution is -0.120. The van der Waals surface area contributed by atoms with Crippen molar-refractivity contribution in [3.8, 4) is 0 Å². The summed E-state index contributed by atoms with van der Waals surface area (Å²) < 4.78 is 1.00. The molecule has 0 radical (unpaired) electrons. The number of fused-ring (bicyclic) bond motifs is 4. The number of nitrogens with one attached hydrogen (secondary N) is 1. The van der Waals surface area contributed by atoms with E-state index in [4.69, 9.17) is 0 Å². The lowest BCUT2D eigenvalue weighted by Crippen LogP contribution is -2.57. The Morgan fingerprint density at radius 2 is 2.07 bits per heavy atom. The molecule has 0 saturated carbocycles. The van der Waals surface area contributed by atoms with Gasteiger partial charge in [0.2, 0.25) is 5.91 Å². The van der Waals surface area contributed by atoms with Gasteiger partial charge in [0.15, 0.2) is 0 Å². The van der Waals surface area contributed by atoms with Gasteiger partial charge in [-0.1, -0.05) is 0 Å². The third-order valence-electron chi connectivity index (χ3n) is 6.35. The Bertz CT molecular complexity index is 920. The lowest BCUT2D eigenvalue weighted by atomic mass is 9.84. The minimum Gasteiger partial charge on any atom is -0.346 e. The molecule has 1 atom stereocenters. The second-order valence-electron chi connectivity index (χ2n) is 8.19. The Morgan fingerprint density at radius 3 is 2.79 bits per heavy atom. The van der Waals surface area contributed by atoms with Crippen molar-refractivity contribution in [2.75, 3.05) is 51.2 Å². The largest absolute Gasteiger partial charge is 0.346 e. The molecule has 2 bridgehead atoms. The van der Waals surface area contributed by atoms with Gasteiger partial charge in [-0.25, -0.2) is 4.98 Å². The predicted octanol–water partition coefficient (Wildman–Crippen LogP) is 1.40. The number of pyridine rings is 1. The topological polar surface area (TPSA) is 68.8 Å². The normalized spacial score (nSPS) is 28.1. The Labute approximate surface area is 168 Å². The molecule has 4 saturated heterocycles. The van der Waals surface area contributed by atoms with Gasteiger partial charge >= 0.3 is 0 Å². The van der Waals surface area contributed by atoms with Gasteiger partial charge in [-0.15, -0.1) is 11.3 Å². The molecule has 8 heteroatoms. The molecule has 0 aromatic carbocycles. The van der Waals surface area contributed by atoms with Crippen LogP contribution in [0.25, 0.3) is 10.1 Å². The predicted molar refractivity (Wildman–Crippen MR) is 110 cm³/mol. The van der Waals surface area contributed by atoms with Crippen LogP contribution in [0.1, 0.15) is 23.3 Å². The van der Waals surface area contributed by atoms with E-state index in [1.54, 1.807) is 17.5 Å². The van der Waals surface area contributed by atoms with Gasteiger partial charge in [0.25, 0.3) is 5.91 Å². The summed E-state index contributed by atoms with van der Waals surface area (Å²) in [7, 11) is 1.96. The fraction of sp³-hybridized carbons (Fsp3) is 0.550. The number of carbonyl (C=O) groups is 2. The second-order valence-corrected chi connectivity index (χ2v) is 9.10. The minimum atomic E-state index is -0.109. The van der Waals surface area contributed by atoms with Crippen LogP contribution >= 0.6 is 11.3 Å². The zero-order valence-corrected chi connectivity index (χ0v) is 16.9. The molecule has 7 nitrogen and oxygen atoms in total. The van der Waals surface area contributed by atoms with E-state index >= 15 is 0 Å². The summed E-state index contributed by atoms with van der Waals surface area (Å²) in [5.74, 6) is 0.573. The van der Waals surface area contributed by atoms with Gasteiger partial charge in [-0.2, -0.15) is 0 Å². The molecule has 0 unspecified atom stereocenters. The van der Waals surface area contributed by atoms with E-state index in [0.29, 0.717) is 24.7 Å². The number of nitrogens with zero attached hydrogens (tertiary/aromatic N) is 4. The summed E-state index contributed by atoms with van der Waals surface area (Å²) in [5, 5.41) is 6.16. The fourth-order valence-electron chi connectivity index (χ4n) is 4.67. The number of likely N-dealkylation sites (N-methyl/N-ethyl adjacent to an activating group) is 1. The molecule has 6 heterocycles. The average Bonchev–Trinajstić information content (AvgIpc) is 3.12. The zero-order valence-electron chi connectivity index (χ0n) is 16.1. The minimum absolute atomic E-state index is 0.101. The van der Waals surface area contributed by atoms with Gasteiger partial charge in [0.1, 0.15) is 5.69 Å². The highest BCUT2D eigenvalue weighted by atomic mass is 32.1. The van der Waals surface area contributed by atoms with Gasteiger partial charge in [-0.05, 0) is 45.0 Å². The molecule has 6 rings (SSSR count). The van der Waals surface area contributed by atoms with E-state index in [9.17, 15) is 9.59 Å². The van der Waals surface area contributed by atoms with E-state index in [1.165, 1.54) is 0 Å². The van der Waals surface area contributed by atoms with Crippen molar-refractivity contribution in [2.24, 2.45) is 5.92 Å². The van der Waals surface area contributed by atoms with Crippen molar-refractivity contribution in [2.45, 2.75) is 18.9 Å². The van der Waals surface area contributed by atoms with Crippen LogP contribution in [0.2, 0.25) is 0 Å². The van der Waals surface area contributed by atoms with E-state index in [1.807, 2.05) is 28.3 Å². The molecular formula is C20H25N5O2S. The molecule has 4 aliphatic heterocycles. The second kappa shape index (κ2) is 7.09. The summed E-state index contributed by atoms with van der Waals surface area (Å²) >= 11 is 1.57. The van der Waals surface area contributed by atoms with Crippen LogP contribution in [0.15, 0.2) is 17.6 Å². The highest BCUT2D eigenvalue weighted by molar-refractivity contribution is 7.17. The quantitative estimate of drug-likeness (QED) is 0.845.